The summed E-state index contributed by atoms with van der Waals surface area (Å²) < 4.78 is 0.708. The Balaban J connectivity index is 2.86. The Morgan fingerprint density at radius 1 is 1.69 bits per heavy atom. The van der Waals surface area contributed by atoms with E-state index in [0.29, 0.717) is 16.6 Å². The smallest absolute Gasteiger partial charge is 0.275 e. The van der Waals surface area contributed by atoms with Crippen LogP contribution in [-0.4, -0.2) is 11.0 Å². The van der Waals surface area contributed by atoms with Gasteiger partial charge in [-0.3, -0.25) is 10.1 Å². The predicted octanol–water partition coefficient (Wildman–Crippen LogP) is 3.02. The lowest BCUT2D eigenvalue weighted by Gasteiger charge is -2.09. The number of nitro groups is 1. The molecule has 0 spiro atoms. The number of hydrogen-bond donors (Lipinski definition) is 1. The first-order valence-corrected chi connectivity index (χ1v) is 5.62. The Morgan fingerprint density at radius 2 is 2.38 bits per heavy atom. The third-order valence-corrected chi connectivity index (χ3v) is 2.71. The molecule has 0 radical (unpaired) electrons. The van der Waals surface area contributed by atoms with Crippen molar-refractivity contribution in [3.63, 3.8) is 0 Å². The quantitative estimate of drug-likeness (QED) is 0.514. The van der Waals surface area contributed by atoms with Crippen molar-refractivity contribution in [3.8, 4) is 0 Å². The molecule has 5 heteroatoms. The van der Waals surface area contributed by atoms with Crippen LogP contribution < -0.4 is 5.32 Å². The number of nitrogens with zero attached hydrogens (tertiary/aromatic N) is 1. The summed E-state index contributed by atoms with van der Waals surface area (Å²) in [7, 11) is 0. The van der Waals surface area contributed by atoms with E-state index in [2.05, 4.69) is 27.8 Å². The van der Waals surface area contributed by atoms with Crippen molar-refractivity contribution in [2.75, 3.05) is 0 Å². The maximum absolute atomic E-state index is 10.8. The Hall–Kier alpha value is -1.20. The minimum absolute atomic E-state index is 0.123. The highest BCUT2D eigenvalue weighted by molar-refractivity contribution is 9.10. The molecular formula is C11H13BrN2O2. The molecule has 0 bridgehead atoms. The highest BCUT2D eigenvalue weighted by Gasteiger charge is 2.13. The van der Waals surface area contributed by atoms with Crippen molar-refractivity contribution in [2.24, 2.45) is 0 Å². The second-order valence-corrected chi connectivity index (χ2v) is 4.35. The standard InChI is InChI=1S/C11H13BrN2O2/c1-3-8(2)13-7-9-4-5-10(12)6-11(9)14(15)16/h3-6,8,13H,1,7H2,2H3. The van der Waals surface area contributed by atoms with Gasteiger partial charge in [-0.2, -0.15) is 0 Å². The summed E-state index contributed by atoms with van der Waals surface area (Å²) in [5, 5.41) is 14.0. The van der Waals surface area contributed by atoms with Crippen molar-refractivity contribution < 1.29 is 4.92 Å². The molecule has 0 aromatic heterocycles. The third kappa shape index (κ3) is 3.43. The van der Waals surface area contributed by atoms with E-state index in [0.717, 1.165) is 0 Å². The lowest BCUT2D eigenvalue weighted by molar-refractivity contribution is -0.385. The van der Waals surface area contributed by atoms with Gasteiger partial charge >= 0.3 is 0 Å². The summed E-state index contributed by atoms with van der Waals surface area (Å²) >= 11 is 3.22. The van der Waals surface area contributed by atoms with Gasteiger partial charge in [-0.05, 0) is 19.1 Å². The minimum Gasteiger partial charge on any atom is -0.306 e. The molecule has 16 heavy (non-hydrogen) atoms. The van der Waals surface area contributed by atoms with E-state index in [1.54, 1.807) is 18.2 Å². The maximum atomic E-state index is 10.8. The molecule has 1 unspecified atom stereocenters. The van der Waals surface area contributed by atoms with E-state index >= 15 is 0 Å². The Labute approximate surface area is 103 Å². The van der Waals surface area contributed by atoms with Gasteiger partial charge in [0.25, 0.3) is 5.69 Å². The van der Waals surface area contributed by atoms with Crippen LogP contribution >= 0.6 is 15.9 Å². The molecule has 0 saturated heterocycles. The molecule has 1 aromatic carbocycles. The average molecular weight is 285 g/mol. The Bertz CT molecular complexity index is 407. The van der Waals surface area contributed by atoms with Crippen molar-refractivity contribution in [3.05, 3.63) is 51.0 Å². The molecule has 0 fully saturated rings. The van der Waals surface area contributed by atoms with E-state index in [1.807, 2.05) is 6.92 Å². The zero-order valence-electron chi connectivity index (χ0n) is 8.94. The summed E-state index contributed by atoms with van der Waals surface area (Å²) in [6, 6.07) is 5.17. The molecule has 1 aromatic rings. The van der Waals surface area contributed by atoms with E-state index < -0.39 is 0 Å². The number of halogens is 1. The summed E-state index contributed by atoms with van der Waals surface area (Å²) in [5.74, 6) is 0. The van der Waals surface area contributed by atoms with Crippen molar-refractivity contribution >= 4 is 21.6 Å². The maximum Gasteiger partial charge on any atom is 0.275 e. The second kappa shape index (κ2) is 5.77. The van der Waals surface area contributed by atoms with Crippen LogP contribution in [0.1, 0.15) is 12.5 Å². The number of nitro benzene ring substituents is 1. The van der Waals surface area contributed by atoms with Gasteiger partial charge in [0.15, 0.2) is 0 Å². The molecule has 0 aliphatic heterocycles. The molecular weight excluding hydrogens is 272 g/mol. The molecule has 0 aliphatic rings. The van der Waals surface area contributed by atoms with E-state index in [1.165, 1.54) is 6.07 Å². The first kappa shape index (κ1) is 12.9. The lowest BCUT2D eigenvalue weighted by Crippen LogP contribution is -2.23. The predicted molar refractivity (Wildman–Crippen MR) is 67.3 cm³/mol. The topological polar surface area (TPSA) is 55.2 Å². The van der Waals surface area contributed by atoms with Crippen molar-refractivity contribution in [1.82, 2.24) is 5.32 Å². The van der Waals surface area contributed by atoms with Gasteiger partial charge in [-0.15, -0.1) is 6.58 Å². The Morgan fingerprint density at radius 3 is 2.94 bits per heavy atom. The van der Waals surface area contributed by atoms with Crippen LogP contribution in [0.5, 0.6) is 0 Å². The zero-order chi connectivity index (χ0) is 12.1. The van der Waals surface area contributed by atoms with Crippen LogP contribution in [0.15, 0.2) is 35.3 Å². The number of rotatable bonds is 5. The number of nitrogens with one attached hydrogen (secondary N) is 1. The fourth-order valence-electron chi connectivity index (χ4n) is 1.21. The van der Waals surface area contributed by atoms with Gasteiger partial charge in [0.1, 0.15) is 0 Å². The Kier molecular flexibility index (Phi) is 4.64. The molecule has 4 nitrogen and oxygen atoms in total. The van der Waals surface area contributed by atoms with Gasteiger partial charge in [0.2, 0.25) is 0 Å². The second-order valence-electron chi connectivity index (χ2n) is 3.44. The SMILES string of the molecule is C=CC(C)NCc1ccc(Br)cc1[N+](=O)[O-]. The minimum atomic E-state index is -0.375. The summed E-state index contributed by atoms with van der Waals surface area (Å²) in [5.41, 5.74) is 0.792. The normalized spacial score (nSPS) is 12.1. The molecule has 1 rings (SSSR count). The van der Waals surface area contributed by atoms with Gasteiger partial charge in [0, 0.05) is 28.7 Å². The zero-order valence-corrected chi connectivity index (χ0v) is 10.5. The molecule has 1 atom stereocenters. The fourth-order valence-corrected chi connectivity index (χ4v) is 1.56. The van der Waals surface area contributed by atoms with Crippen LogP contribution in [0.4, 0.5) is 5.69 Å². The summed E-state index contributed by atoms with van der Waals surface area (Å²) in [6.07, 6.45) is 1.75. The molecule has 0 amide bonds. The molecule has 0 aliphatic carbocycles. The van der Waals surface area contributed by atoms with Crippen LogP contribution in [-0.2, 0) is 6.54 Å². The number of benzene rings is 1. The molecule has 86 valence electrons. The van der Waals surface area contributed by atoms with Crippen molar-refractivity contribution in [1.29, 1.82) is 0 Å². The first-order valence-electron chi connectivity index (χ1n) is 4.83. The fraction of sp³-hybridized carbons (Fsp3) is 0.273. The van der Waals surface area contributed by atoms with Gasteiger partial charge in [-0.25, -0.2) is 0 Å². The largest absolute Gasteiger partial charge is 0.306 e. The molecule has 0 saturated carbocycles. The summed E-state index contributed by atoms with van der Waals surface area (Å²) in [4.78, 5) is 10.5. The van der Waals surface area contributed by atoms with Crippen LogP contribution in [0.25, 0.3) is 0 Å². The molecule has 0 heterocycles. The third-order valence-electron chi connectivity index (χ3n) is 2.21. The van der Waals surface area contributed by atoms with Crippen LogP contribution in [0.3, 0.4) is 0 Å². The van der Waals surface area contributed by atoms with E-state index in [-0.39, 0.29) is 16.7 Å². The average Bonchev–Trinajstić information content (AvgIpc) is 2.26. The van der Waals surface area contributed by atoms with Crippen LogP contribution in [0, 0.1) is 10.1 Å². The monoisotopic (exact) mass is 284 g/mol. The highest BCUT2D eigenvalue weighted by atomic mass is 79.9. The highest BCUT2D eigenvalue weighted by Crippen LogP contribution is 2.23. The summed E-state index contributed by atoms with van der Waals surface area (Å²) in [6.45, 7) is 6.04. The van der Waals surface area contributed by atoms with E-state index in [4.69, 9.17) is 0 Å². The van der Waals surface area contributed by atoms with Crippen molar-refractivity contribution in [2.45, 2.75) is 19.5 Å². The first-order chi connectivity index (χ1) is 7.54. The van der Waals surface area contributed by atoms with Gasteiger partial charge in [0.05, 0.1) is 4.92 Å². The molecule has 1 N–H and O–H groups in total. The van der Waals surface area contributed by atoms with Crippen LogP contribution in [0.2, 0.25) is 0 Å². The number of hydrogen-bond acceptors (Lipinski definition) is 3. The van der Waals surface area contributed by atoms with E-state index in [9.17, 15) is 10.1 Å². The lowest BCUT2D eigenvalue weighted by atomic mass is 10.1. The van der Waals surface area contributed by atoms with Gasteiger partial charge in [-0.1, -0.05) is 22.0 Å². The van der Waals surface area contributed by atoms with Gasteiger partial charge < -0.3 is 5.32 Å².